The molecule has 6 nitrogen and oxygen atoms in total. The Morgan fingerprint density at radius 2 is 2.33 bits per heavy atom. The van der Waals surface area contributed by atoms with E-state index in [1.54, 1.807) is 25.3 Å². The Morgan fingerprint density at radius 3 is 3.00 bits per heavy atom. The normalized spacial score (nSPS) is 14.0. The predicted molar refractivity (Wildman–Crippen MR) is 77.8 cm³/mol. The fourth-order valence-electron chi connectivity index (χ4n) is 2.08. The second kappa shape index (κ2) is 6.77. The molecule has 110 valence electrons. The number of carbonyl (C=O) groups excluding carboxylic acids is 2. The first-order valence-corrected chi connectivity index (χ1v) is 6.58. The fourth-order valence-corrected chi connectivity index (χ4v) is 2.08. The van der Waals surface area contributed by atoms with Crippen LogP contribution < -0.4 is 15.8 Å². The van der Waals surface area contributed by atoms with Crippen molar-refractivity contribution in [3.8, 4) is 17.6 Å². The smallest absolute Gasteiger partial charge is 0.254 e. The zero-order valence-electron chi connectivity index (χ0n) is 11.8. The lowest BCUT2D eigenvalue weighted by Gasteiger charge is -2.26. The average Bonchev–Trinajstić information content (AvgIpc) is 2.51. The number of rotatable bonds is 2. The van der Waals surface area contributed by atoms with Crippen LogP contribution in [0.4, 0.5) is 0 Å². The first kappa shape index (κ1) is 14.9. The summed E-state index contributed by atoms with van der Waals surface area (Å²) in [5, 5.41) is 2.69. The SMILES string of the molecule is COc1ccc(C(=O)N2CCNC(=O)C2)cc1C#CCN. The summed E-state index contributed by atoms with van der Waals surface area (Å²) >= 11 is 0. The molecule has 1 aromatic rings. The maximum absolute atomic E-state index is 12.4. The lowest BCUT2D eigenvalue weighted by atomic mass is 10.1. The summed E-state index contributed by atoms with van der Waals surface area (Å²) in [5.41, 5.74) is 6.45. The summed E-state index contributed by atoms with van der Waals surface area (Å²) in [4.78, 5) is 25.3. The highest BCUT2D eigenvalue weighted by molar-refractivity contribution is 5.97. The van der Waals surface area contributed by atoms with E-state index in [0.717, 1.165) is 0 Å². The summed E-state index contributed by atoms with van der Waals surface area (Å²) in [6, 6.07) is 5.02. The van der Waals surface area contributed by atoms with Crippen LogP contribution in [0.2, 0.25) is 0 Å². The minimum Gasteiger partial charge on any atom is -0.495 e. The van der Waals surface area contributed by atoms with E-state index < -0.39 is 0 Å². The van der Waals surface area contributed by atoms with Crippen LogP contribution in [0.1, 0.15) is 15.9 Å². The van der Waals surface area contributed by atoms with Gasteiger partial charge in [-0.05, 0) is 18.2 Å². The molecule has 2 amide bonds. The number of ether oxygens (including phenoxy) is 1. The molecule has 0 bridgehead atoms. The Balaban J connectivity index is 2.26. The van der Waals surface area contributed by atoms with Gasteiger partial charge in [0.05, 0.1) is 25.8 Å². The molecule has 3 N–H and O–H groups in total. The van der Waals surface area contributed by atoms with Crippen molar-refractivity contribution in [2.45, 2.75) is 0 Å². The topological polar surface area (TPSA) is 84.7 Å². The number of benzene rings is 1. The van der Waals surface area contributed by atoms with E-state index >= 15 is 0 Å². The Bertz CT molecular complexity index is 616. The van der Waals surface area contributed by atoms with Crippen molar-refractivity contribution in [3.05, 3.63) is 29.3 Å². The number of methoxy groups -OCH3 is 1. The summed E-state index contributed by atoms with van der Waals surface area (Å²) in [6.07, 6.45) is 0. The molecule has 1 saturated heterocycles. The Kier molecular flexibility index (Phi) is 4.80. The van der Waals surface area contributed by atoms with Gasteiger partial charge in [-0.2, -0.15) is 0 Å². The maximum atomic E-state index is 12.4. The van der Waals surface area contributed by atoms with Gasteiger partial charge < -0.3 is 20.7 Å². The third kappa shape index (κ3) is 3.52. The lowest BCUT2D eigenvalue weighted by Crippen LogP contribution is -2.49. The highest BCUT2D eigenvalue weighted by Crippen LogP contribution is 2.20. The Hall–Kier alpha value is -2.52. The number of carbonyl (C=O) groups is 2. The molecule has 0 spiro atoms. The molecule has 2 rings (SSSR count). The predicted octanol–water partition coefficient (Wildman–Crippen LogP) is -0.423. The van der Waals surface area contributed by atoms with Gasteiger partial charge in [0.2, 0.25) is 5.91 Å². The number of nitrogens with one attached hydrogen (secondary N) is 1. The van der Waals surface area contributed by atoms with E-state index in [1.807, 2.05) is 0 Å². The minimum atomic E-state index is -0.191. The maximum Gasteiger partial charge on any atom is 0.254 e. The van der Waals surface area contributed by atoms with Crippen LogP contribution in [0.5, 0.6) is 5.75 Å². The number of piperazine rings is 1. The van der Waals surface area contributed by atoms with Crippen LogP contribution in [-0.4, -0.2) is 50.0 Å². The zero-order valence-corrected chi connectivity index (χ0v) is 11.8. The first-order chi connectivity index (χ1) is 10.2. The van der Waals surface area contributed by atoms with E-state index in [2.05, 4.69) is 17.2 Å². The molecule has 21 heavy (non-hydrogen) atoms. The van der Waals surface area contributed by atoms with Gasteiger partial charge in [0.15, 0.2) is 0 Å². The average molecular weight is 287 g/mol. The van der Waals surface area contributed by atoms with Crippen molar-refractivity contribution in [1.29, 1.82) is 0 Å². The molecule has 0 aliphatic carbocycles. The van der Waals surface area contributed by atoms with Gasteiger partial charge in [0, 0.05) is 18.7 Å². The third-order valence-electron chi connectivity index (χ3n) is 3.10. The second-order valence-corrected chi connectivity index (χ2v) is 4.50. The molecule has 0 aromatic heterocycles. The molecule has 6 heteroatoms. The van der Waals surface area contributed by atoms with Gasteiger partial charge in [0.1, 0.15) is 5.75 Å². The largest absolute Gasteiger partial charge is 0.495 e. The fraction of sp³-hybridized carbons (Fsp3) is 0.333. The Morgan fingerprint density at radius 1 is 1.52 bits per heavy atom. The second-order valence-electron chi connectivity index (χ2n) is 4.50. The third-order valence-corrected chi connectivity index (χ3v) is 3.10. The zero-order chi connectivity index (χ0) is 15.2. The standard InChI is InChI=1S/C15H17N3O3/c1-21-13-5-4-12(9-11(13)3-2-6-16)15(20)18-8-7-17-14(19)10-18/h4-5,9H,6-8,10,16H2,1H3,(H,17,19). The number of amides is 2. The molecule has 1 aromatic carbocycles. The molecule has 1 fully saturated rings. The molecule has 1 aliphatic heterocycles. The number of hydrogen-bond donors (Lipinski definition) is 2. The van der Waals surface area contributed by atoms with Gasteiger partial charge in [0.25, 0.3) is 5.91 Å². The highest BCUT2D eigenvalue weighted by atomic mass is 16.5. The van der Waals surface area contributed by atoms with E-state index in [-0.39, 0.29) is 24.9 Å². The van der Waals surface area contributed by atoms with Crippen molar-refractivity contribution in [2.24, 2.45) is 5.73 Å². The van der Waals surface area contributed by atoms with Gasteiger partial charge in [-0.3, -0.25) is 9.59 Å². The summed E-state index contributed by atoms with van der Waals surface area (Å²) in [6.45, 7) is 1.28. The van der Waals surface area contributed by atoms with E-state index in [9.17, 15) is 9.59 Å². The molecular formula is C15H17N3O3. The minimum absolute atomic E-state index is 0.0781. The van der Waals surface area contributed by atoms with Gasteiger partial charge in [-0.1, -0.05) is 11.8 Å². The van der Waals surface area contributed by atoms with Gasteiger partial charge >= 0.3 is 0 Å². The van der Waals surface area contributed by atoms with Crippen LogP contribution in [0.15, 0.2) is 18.2 Å². The van der Waals surface area contributed by atoms with Crippen molar-refractivity contribution in [1.82, 2.24) is 10.2 Å². The first-order valence-electron chi connectivity index (χ1n) is 6.58. The van der Waals surface area contributed by atoms with Crippen molar-refractivity contribution in [3.63, 3.8) is 0 Å². The lowest BCUT2D eigenvalue weighted by molar-refractivity contribution is -0.123. The number of nitrogens with zero attached hydrogens (tertiary/aromatic N) is 1. The highest BCUT2D eigenvalue weighted by Gasteiger charge is 2.22. The van der Waals surface area contributed by atoms with Crippen LogP contribution in [0, 0.1) is 11.8 Å². The molecule has 0 atom stereocenters. The van der Waals surface area contributed by atoms with Crippen LogP contribution >= 0.6 is 0 Å². The van der Waals surface area contributed by atoms with Crippen molar-refractivity contribution in [2.75, 3.05) is 33.3 Å². The quantitative estimate of drug-likeness (QED) is 0.723. The number of hydrogen-bond acceptors (Lipinski definition) is 4. The van der Waals surface area contributed by atoms with Crippen LogP contribution in [0.25, 0.3) is 0 Å². The molecule has 1 aliphatic rings. The summed E-state index contributed by atoms with van der Waals surface area (Å²) in [5.74, 6) is 5.87. The summed E-state index contributed by atoms with van der Waals surface area (Å²) in [7, 11) is 1.54. The van der Waals surface area contributed by atoms with Crippen LogP contribution in [-0.2, 0) is 4.79 Å². The van der Waals surface area contributed by atoms with E-state index in [4.69, 9.17) is 10.5 Å². The Labute approximate surface area is 123 Å². The monoisotopic (exact) mass is 287 g/mol. The molecule has 1 heterocycles. The van der Waals surface area contributed by atoms with E-state index in [1.165, 1.54) is 4.90 Å². The molecule has 0 radical (unpaired) electrons. The summed E-state index contributed by atoms with van der Waals surface area (Å²) < 4.78 is 5.21. The number of nitrogens with two attached hydrogens (primary N) is 1. The molecule has 0 unspecified atom stereocenters. The van der Waals surface area contributed by atoms with Crippen LogP contribution in [0.3, 0.4) is 0 Å². The van der Waals surface area contributed by atoms with Gasteiger partial charge in [-0.25, -0.2) is 0 Å². The molecule has 0 saturated carbocycles. The molecular weight excluding hydrogens is 270 g/mol. The van der Waals surface area contributed by atoms with Crippen molar-refractivity contribution < 1.29 is 14.3 Å². The van der Waals surface area contributed by atoms with Crippen molar-refractivity contribution >= 4 is 11.8 Å². The van der Waals surface area contributed by atoms with E-state index in [0.29, 0.717) is 30.0 Å². The van der Waals surface area contributed by atoms with Gasteiger partial charge in [-0.15, -0.1) is 0 Å².